The number of hydrogen-bond acceptors (Lipinski definition) is 6. The van der Waals surface area contributed by atoms with Gasteiger partial charge in [-0.15, -0.1) is 0 Å². The van der Waals surface area contributed by atoms with E-state index in [0.29, 0.717) is 0 Å². The molecule has 2 heterocycles. The fourth-order valence-corrected chi connectivity index (χ4v) is 2.34. The van der Waals surface area contributed by atoms with Crippen LogP contribution in [0.3, 0.4) is 0 Å². The zero-order chi connectivity index (χ0) is 15.5. The highest BCUT2D eigenvalue weighted by Crippen LogP contribution is 2.20. The van der Waals surface area contributed by atoms with Gasteiger partial charge in [-0.3, -0.25) is 0 Å². The number of hydrogen-bond donors (Lipinski definition) is 2. The van der Waals surface area contributed by atoms with Gasteiger partial charge >= 0.3 is 18.0 Å². The Balaban J connectivity index is 2.10. The Hall–Kier alpha value is -1.87. The highest BCUT2D eigenvalue weighted by molar-refractivity contribution is 5.89. The summed E-state index contributed by atoms with van der Waals surface area (Å²) in [6.07, 6.45) is 0.182. The zero-order valence-corrected chi connectivity index (χ0v) is 11.7. The number of ether oxygens (including phenoxy) is 3. The van der Waals surface area contributed by atoms with Crippen LogP contribution in [-0.4, -0.2) is 79.6 Å². The number of nitrogens with zero attached hydrogens (tertiary/aromatic N) is 1. The lowest BCUT2D eigenvalue weighted by atomic mass is 9.99. The monoisotopic (exact) mass is 302 g/mol. The van der Waals surface area contributed by atoms with Crippen LogP contribution >= 0.6 is 0 Å². The molecule has 9 nitrogen and oxygen atoms in total. The van der Waals surface area contributed by atoms with Crippen molar-refractivity contribution in [3.8, 4) is 0 Å². The molecule has 2 aliphatic rings. The number of amides is 2. The molecule has 21 heavy (non-hydrogen) atoms. The van der Waals surface area contributed by atoms with Gasteiger partial charge in [0.1, 0.15) is 0 Å². The summed E-state index contributed by atoms with van der Waals surface area (Å²) in [5, 5.41) is 11.8. The molecule has 2 aliphatic heterocycles. The molecule has 118 valence electrons. The van der Waals surface area contributed by atoms with Gasteiger partial charge in [0.25, 0.3) is 0 Å². The maximum atomic E-state index is 12.3. The van der Waals surface area contributed by atoms with Crippen molar-refractivity contribution < 1.29 is 33.7 Å². The Morgan fingerprint density at radius 1 is 1.33 bits per heavy atom. The fraction of sp³-hybridized carbons (Fsp3) is 0.750. The van der Waals surface area contributed by atoms with Crippen molar-refractivity contribution in [3.05, 3.63) is 0 Å². The number of carboxylic acid groups (broad SMARTS) is 1. The number of rotatable bonds is 3. The van der Waals surface area contributed by atoms with E-state index in [9.17, 15) is 19.5 Å². The van der Waals surface area contributed by atoms with Crippen LogP contribution in [0.15, 0.2) is 0 Å². The van der Waals surface area contributed by atoms with Crippen LogP contribution in [0.1, 0.15) is 6.42 Å². The van der Waals surface area contributed by atoms with E-state index in [1.165, 1.54) is 12.0 Å². The van der Waals surface area contributed by atoms with Gasteiger partial charge in [-0.05, 0) is 0 Å². The molecule has 0 aromatic heterocycles. The van der Waals surface area contributed by atoms with Crippen molar-refractivity contribution in [2.75, 3.05) is 40.1 Å². The lowest BCUT2D eigenvalue weighted by Gasteiger charge is -2.36. The predicted molar refractivity (Wildman–Crippen MR) is 67.7 cm³/mol. The molecule has 2 fully saturated rings. The van der Waals surface area contributed by atoms with E-state index in [-0.39, 0.29) is 39.4 Å². The molecule has 2 saturated heterocycles. The second-order valence-corrected chi connectivity index (χ2v) is 4.93. The van der Waals surface area contributed by atoms with E-state index >= 15 is 0 Å². The predicted octanol–water partition coefficient (Wildman–Crippen LogP) is -1.19. The Morgan fingerprint density at radius 3 is 2.67 bits per heavy atom. The number of aliphatic carboxylic acids is 1. The Bertz CT molecular complexity index is 433. The minimum Gasteiger partial charge on any atom is -0.479 e. The van der Waals surface area contributed by atoms with Crippen molar-refractivity contribution in [2.45, 2.75) is 18.0 Å². The molecule has 2 rings (SSSR count). The van der Waals surface area contributed by atoms with E-state index in [0.717, 1.165) is 0 Å². The Labute approximate surface area is 121 Å². The van der Waals surface area contributed by atoms with Crippen molar-refractivity contribution in [1.82, 2.24) is 10.2 Å². The van der Waals surface area contributed by atoms with E-state index in [1.807, 2.05) is 0 Å². The summed E-state index contributed by atoms with van der Waals surface area (Å²) in [5.74, 6) is -1.76. The molecule has 0 aromatic carbocycles. The van der Waals surface area contributed by atoms with Gasteiger partial charge in [0, 0.05) is 19.6 Å². The first-order chi connectivity index (χ1) is 10.00. The van der Waals surface area contributed by atoms with Gasteiger partial charge in [-0.2, -0.15) is 0 Å². The minimum atomic E-state index is -1.45. The van der Waals surface area contributed by atoms with Crippen molar-refractivity contribution >= 4 is 18.0 Å². The van der Waals surface area contributed by atoms with Gasteiger partial charge in [-0.1, -0.05) is 0 Å². The molecule has 2 atom stereocenters. The van der Waals surface area contributed by atoms with Crippen LogP contribution in [0, 0.1) is 0 Å². The second kappa shape index (κ2) is 6.27. The quantitative estimate of drug-likeness (QED) is 0.630. The molecule has 0 aromatic rings. The average molecular weight is 302 g/mol. The number of nitrogens with one attached hydrogen (secondary N) is 1. The zero-order valence-electron chi connectivity index (χ0n) is 11.7. The maximum Gasteiger partial charge on any atom is 0.332 e. The SMILES string of the molecule is COC(=O)C1COCCN1C(=O)NC1(C(=O)O)CCOC1. The molecule has 0 radical (unpaired) electrons. The van der Waals surface area contributed by atoms with Crippen LogP contribution in [0.2, 0.25) is 0 Å². The summed E-state index contributed by atoms with van der Waals surface area (Å²) in [5.41, 5.74) is -1.45. The first-order valence-corrected chi connectivity index (χ1v) is 6.56. The third kappa shape index (κ3) is 3.08. The number of carbonyl (C=O) groups is 3. The summed E-state index contributed by atoms with van der Waals surface area (Å²) in [6.45, 7) is 0.647. The van der Waals surface area contributed by atoms with E-state index in [4.69, 9.17) is 9.47 Å². The third-order valence-corrected chi connectivity index (χ3v) is 3.64. The molecular formula is C12H18N2O7. The average Bonchev–Trinajstić information content (AvgIpc) is 2.96. The van der Waals surface area contributed by atoms with Gasteiger partial charge in [-0.25, -0.2) is 14.4 Å². The highest BCUT2D eigenvalue weighted by atomic mass is 16.5. The smallest absolute Gasteiger partial charge is 0.332 e. The Morgan fingerprint density at radius 2 is 2.10 bits per heavy atom. The first-order valence-electron chi connectivity index (χ1n) is 6.56. The van der Waals surface area contributed by atoms with Crippen LogP contribution in [0.5, 0.6) is 0 Å². The normalized spacial score (nSPS) is 29.0. The molecule has 0 spiro atoms. The topological polar surface area (TPSA) is 114 Å². The second-order valence-electron chi connectivity index (χ2n) is 4.93. The molecule has 0 saturated carbocycles. The third-order valence-electron chi connectivity index (χ3n) is 3.64. The molecule has 2 N–H and O–H groups in total. The van der Waals surface area contributed by atoms with Crippen LogP contribution < -0.4 is 5.32 Å². The molecule has 9 heteroatoms. The van der Waals surface area contributed by atoms with Crippen LogP contribution in [0.4, 0.5) is 4.79 Å². The highest BCUT2D eigenvalue weighted by Gasteiger charge is 2.46. The number of esters is 1. The minimum absolute atomic E-state index is 0.0245. The standard InChI is InChI=1S/C12H18N2O7/c1-19-9(15)8-6-20-5-3-14(8)11(18)13-12(10(16)17)2-4-21-7-12/h8H,2-7H2,1H3,(H,13,18)(H,16,17). The van der Waals surface area contributed by atoms with Gasteiger partial charge in [0.15, 0.2) is 11.6 Å². The molecule has 0 aliphatic carbocycles. The van der Waals surface area contributed by atoms with Crippen molar-refractivity contribution in [1.29, 1.82) is 0 Å². The van der Waals surface area contributed by atoms with Gasteiger partial charge < -0.3 is 29.5 Å². The molecule has 2 amide bonds. The summed E-state index contributed by atoms with van der Waals surface area (Å²) in [4.78, 5) is 36.6. The van der Waals surface area contributed by atoms with Crippen molar-refractivity contribution in [2.24, 2.45) is 0 Å². The Kier molecular flexibility index (Phi) is 4.63. The van der Waals surface area contributed by atoms with E-state index in [2.05, 4.69) is 10.1 Å². The number of carboxylic acids is 1. The summed E-state index contributed by atoms with van der Waals surface area (Å²) >= 11 is 0. The number of morpholine rings is 1. The summed E-state index contributed by atoms with van der Waals surface area (Å²) in [6, 6.07) is -1.52. The summed E-state index contributed by atoms with van der Waals surface area (Å²) < 4.78 is 14.9. The molecule has 2 unspecified atom stereocenters. The lowest BCUT2D eigenvalue weighted by molar-refractivity contribution is -0.151. The van der Waals surface area contributed by atoms with Crippen LogP contribution in [-0.2, 0) is 23.8 Å². The largest absolute Gasteiger partial charge is 0.479 e. The molecule has 0 bridgehead atoms. The first kappa shape index (κ1) is 15.5. The number of urea groups is 1. The van der Waals surface area contributed by atoms with Crippen molar-refractivity contribution in [3.63, 3.8) is 0 Å². The van der Waals surface area contributed by atoms with Gasteiger partial charge in [0.2, 0.25) is 0 Å². The van der Waals surface area contributed by atoms with E-state index in [1.54, 1.807) is 0 Å². The molecular weight excluding hydrogens is 284 g/mol. The van der Waals surface area contributed by atoms with E-state index < -0.39 is 29.6 Å². The number of carbonyl (C=O) groups excluding carboxylic acids is 2. The maximum absolute atomic E-state index is 12.3. The fourth-order valence-electron chi connectivity index (χ4n) is 2.34. The van der Waals surface area contributed by atoms with Crippen LogP contribution in [0.25, 0.3) is 0 Å². The number of methoxy groups -OCH3 is 1. The lowest BCUT2D eigenvalue weighted by Crippen LogP contribution is -2.63. The van der Waals surface area contributed by atoms with Gasteiger partial charge in [0.05, 0.1) is 26.9 Å². The summed E-state index contributed by atoms with van der Waals surface area (Å²) in [7, 11) is 1.22.